The molecule has 6 nitrogen and oxygen atoms in total. The van der Waals surface area contributed by atoms with Crippen LogP contribution in [-0.2, 0) is 22.2 Å². The number of nitrogens with zero attached hydrogens (tertiary/aromatic N) is 1. The number of rotatable bonds is 10. The van der Waals surface area contributed by atoms with E-state index >= 15 is 0 Å². The predicted molar refractivity (Wildman–Crippen MR) is 125 cm³/mol. The van der Waals surface area contributed by atoms with Crippen molar-refractivity contribution in [3.63, 3.8) is 0 Å². The summed E-state index contributed by atoms with van der Waals surface area (Å²) in [7, 11) is 0. The topological polar surface area (TPSA) is 64.1 Å². The minimum Gasteiger partial charge on any atom is -0.491 e. The van der Waals surface area contributed by atoms with Crippen molar-refractivity contribution >= 4 is 29.9 Å². The van der Waals surface area contributed by atoms with Gasteiger partial charge in [-0.25, -0.2) is 4.99 Å². The van der Waals surface area contributed by atoms with Gasteiger partial charge in [-0.3, -0.25) is 0 Å². The van der Waals surface area contributed by atoms with Crippen LogP contribution in [0.2, 0.25) is 0 Å². The van der Waals surface area contributed by atoms with E-state index in [-0.39, 0.29) is 54.0 Å². The highest BCUT2D eigenvalue weighted by atomic mass is 127. The van der Waals surface area contributed by atoms with E-state index in [9.17, 15) is 13.2 Å². The Kier molecular flexibility index (Phi) is 12.5. The van der Waals surface area contributed by atoms with E-state index in [4.69, 9.17) is 14.2 Å². The lowest BCUT2D eigenvalue weighted by Crippen LogP contribution is -2.38. The monoisotopic (exact) mass is 559 g/mol. The molecule has 1 aromatic carbocycles. The average molecular weight is 559 g/mol. The van der Waals surface area contributed by atoms with Crippen molar-refractivity contribution in [2.24, 2.45) is 4.99 Å². The normalized spacial score (nSPS) is 16.9. The van der Waals surface area contributed by atoms with Gasteiger partial charge in [-0.2, -0.15) is 13.2 Å². The number of hydrogen-bond acceptors (Lipinski definition) is 4. The minimum absolute atomic E-state index is 0. The lowest BCUT2D eigenvalue weighted by Gasteiger charge is -2.16. The maximum atomic E-state index is 13.5. The number of alkyl halides is 3. The molecule has 0 bridgehead atoms. The summed E-state index contributed by atoms with van der Waals surface area (Å²) in [5.74, 6) is 0.667. The van der Waals surface area contributed by atoms with E-state index in [0.717, 1.165) is 25.5 Å². The zero-order valence-electron chi connectivity index (χ0n) is 18.3. The zero-order chi connectivity index (χ0) is 22.0. The van der Waals surface area contributed by atoms with Crippen LogP contribution < -0.4 is 15.4 Å². The van der Waals surface area contributed by atoms with Crippen molar-refractivity contribution in [1.82, 2.24) is 10.6 Å². The molecule has 1 aliphatic heterocycles. The van der Waals surface area contributed by atoms with Gasteiger partial charge in [-0.15, -0.1) is 24.0 Å². The van der Waals surface area contributed by atoms with Crippen molar-refractivity contribution in [1.29, 1.82) is 0 Å². The summed E-state index contributed by atoms with van der Waals surface area (Å²) >= 11 is 0. The maximum absolute atomic E-state index is 13.5. The molecule has 0 aromatic heterocycles. The molecule has 0 amide bonds. The van der Waals surface area contributed by atoms with Gasteiger partial charge in [0.2, 0.25) is 0 Å². The molecule has 1 unspecified atom stereocenters. The largest absolute Gasteiger partial charge is 0.491 e. The summed E-state index contributed by atoms with van der Waals surface area (Å²) in [5.41, 5.74) is -0.632. The van der Waals surface area contributed by atoms with E-state index in [1.54, 1.807) is 19.9 Å². The molecule has 1 saturated heterocycles. The van der Waals surface area contributed by atoms with Crippen LogP contribution in [0, 0.1) is 0 Å². The van der Waals surface area contributed by atoms with Gasteiger partial charge < -0.3 is 24.8 Å². The Hall–Kier alpha value is -1.27. The second-order valence-corrected chi connectivity index (χ2v) is 7.32. The van der Waals surface area contributed by atoms with E-state index in [1.807, 2.05) is 6.92 Å². The zero-order valence-corrected chi connectivity index (χ0v) is 20.6. The standard InChI is InChI=1S/C21H32F3N3O3.HI/c1-4-25-20(26-9-5-10-29-18-8-11-28-14-18)27-13-16-6-7-17(30-15(2)3)12-19(16)21(22,23)24;/h6-7,12,15,18H,4-5,8-11,13-14H2,1-3H3,(H2,25,26,27);1H. The highest BCUT2D eigenvalue weighted by Gasteiger charge is 2.33. The molecule has 0 spiro atoms. The minimum atomic E-state index is -4.48. The van der Waals surface area contributed by atoms with Gasteiger partial charge in [0.05, 0.1) is 30.9 Å². The third kappa shape index (κ3) is 10.3. The summed E-state index contributed by atoms with van der Waals surface area (Å²) in [4.78, 5) is 4.32. The predicted octanol–water partition coefficient (Wildman–Crippen LogP) is 4.36. The number of benzene rings is 1. The molecule has 31 heavy (non-hydrogen) atoms. The van der Waals surface area contributed by atoms with Crippen LogP contribution in [0.3, 0.4) is 0 Å². The van der Waals surface area contributed by atoms with Crippen LogP contribution in [-0.4, -0.2) is 51.1 Å². The second kappa shape index (κ2) is 14.0. The summed E-state index contributed by atoms with van der Waals surface area (Å²) in [6.07, 6.45) is -2.84. The smallest absolute Gasteiger partial charge is 0.416 e. The molecule has 1 fully saturated rings. The quantitative estimate of drug-likeness (QED) is 0.193. The number of guanidine groups is 1. The molecular formula is C21H33F3IN3O3. The van der Waals surface area contributed by atoms with E-state index in [1.165, 1.54) is 6.07 Å². The van der Waals surface area contributed by atoms with Crippen molar-refractivity contribution < 1.29 is 27.4 Å². The summed E-state index contributed by atoms with van der Waals surface area (Å²) in [6, 6.07) is 4.00. The number of halogens is 4. The molecule has 1 aromatic rings. The lowest BCUT2D eigenvalue weighted by atomic mass is 10.1. The second-order valence-electron chi connectivity index (χ2n) is 7.32. The Morgan fingerprint density at radius 3 is 2.68 bits per heavy atom. The first-order chi connectivity index (χ1) is 14.3. The first kappa shape index (κ1) is 27.8. The van der Waals surface area contributed by atoms with Crippen LogP contribution in [0.25, 0.3) is 0 Å². The number of ether oxygens (including phenoxy) is 3. The molecule has 0 radical (unpaired) electrons. The Bertz CT molecular complexity index is 682. The Labute approximate surface area is 199 Å². The Morgan fingerprint density at radius 2 is 2.06 bits per heavy atom. The van der Waals surface area contributed by atoms with E-state index < -0.39 is 11.7 Å². The highest BCUT2D eigenvalue weighted by molar-refractivity contribution is 14.0. The third-order valence-electron chi connectivity index (χ3n) is 4.37. The number of aliphatic imine (C=N–C) groups is 1. The van der Waals surface area contributed by atoms with Gasteiger partial charge in [0.25, 0.3) is 0 Å². The highest BCUT2D eigenvalue weighted by Crippen LogP contribution is 2.35. The summed E-state index contributed by atoms with van der Waals surface area (Å²) in [6.45, 7) is 8.53. The molecular weight excluding hydrogens is 526 g/mol. The fourth-order valence-corrected chi connectivity index (χ4v) is 2.98. The SMILES string of the molecule is CCNC(=NCc1ccc(OC(C)C)cc1C(F)(F)F)NCCCOC1CCOC1.I. The van der Waals surface area contributed by atoms with E-state index in [2.05, 4.69) is 15.6 Å². The van der Waals surface area contributed by atoms with Gasteiger partial charge in [0, 0.05) is 26.3 Å². The van der Waals surface area contributed by atoms with Gasteiger partial charge in [0.15, 0.2) is 5.96 Å². The molecule has 0 aliphatic carbocycles. The Morgan fingerprint density at radius 1 is 1.29 bits per heavy atom. The molecule has 1 atom stereocenters. The number of hydrogen-bond donors (Lipinski definition) is 2. The number of nitrogens with one attached hydrogen (secondary N) is 2. The van der Waals surface area contributed by atoms with Gasteiger partial charge in [-0.1, -0.05) is 6.07 Å². The first-order valence-corrected chi connectivity index (χ1v) is 10.4. The van der Waals surface area contributed by atoms with Crippen LogP contribution in [0.1, 0.15) is 44.7 Å². The maximum Gasteiger partial charge on any atom is 0.416 e. The van der Waals surface area contributed by atoms with E-state index in [0.29, 0.717) is 32.3 Å². The molecule has 10 heteroatoms. The molecule has 178 valence electrons. The molecule has 2 rings (SSSR count). The molecule has 0 saturated carbocycles. The van der Waals surface area contributed by atoms with Crippen LogP contribution in [0.4, 0.5) is 13.2 Å². The van der Waals surface area contributed by atoms with Crippen LogP contribution in [0.15, 0.2) is 23.2 Å². The third-order valence-corrected chi connectivity index (χ3v) is 4.37. The van der Waals surface area contributed by atoms with Crippen LogP contribution >= 0.6 is 24.0 Å². The summed E-state index contributed by atoms with van der Waals surface area (Å²) in [5, 5.41) is 6.19. The van der Waals surface area contributed by atoms with Crippen molar-refractivity contribution in [3.05, 3.63) is 29.3 Å². The lowest BCUT2D eigenvalue weighted by molar-refractivity contribution is -0.138. The fraction of sp³-hybridized carbons (Fsp3) is 0.667. The molecule has 2 N–H and O–H groups in total. The van der Waals surface area contributed by atoms with Crippen LogP contribution in [0.5, 0.6) is 5.75 Å². The fourth-order valence-electron chi connectivity index (χ4n) is 2.98. The molecule has 1 aliphatic rings. The van der Waals surface area contributed by atoms with Crippen molar-refractivity contribution in [3.8, 4) is 5.75 Å². The van der Waals surface area contributed by atoms with Gasteiger partial charge in [-0.05, 0) is 51.3 Å². The first-order valence-electron chi connectivity index (χ1n) is 10.4. The van der Waals surface area contributed by atoms with Gasteiger partial charge in [0.1, 0.15) is 5.75 Å². The summed E-state index contributed by atoms with van der Waals surface area (Å²) < 4.78 is 56.9. The average Bonchev–Trinajstić information content (AvgIpc) is 3.18. The van der Waals surface area contributed by atoms with Crippen molar-refractivity contribution in [2.75, 3.05) is 32.9 Å². The van der Waals surface area contributed by atoms with Crippen molar-refractivity contribution in [2.45, 2.75) is 58.5 Å². The Balaban J connectivity index is 0.00000480. The van der Waals surface area contributed by atoms with Gasteiger partial charge >= 0.3 is 6.18 Å². The molecule has 1 heterocycles.